The van der Waals surface area contributed by atoms with E-state index in [4.69, 9.17) is 0 Å². The van der Waals surface area contributed by atoms with Crippen molar-refractivity contribution in [1.82, 2.24) is 0 Å². The van der Waals surface area contributed by atoms with Gasteiger partial charge >= 0.3 is 0 Å². The van der Waals surface area contributed by atoms with Crippen molar-refractivity contribution in [3.05, 3.63) is 0 Å². The highest BCUT2D eigenvalue weighted by Crippen LogP contribution is 2.44. The lowest BCUT2D eigenvalue weighted by atomic mass is 9.67. The quantitative estimate of drug-likeness (QED) is 0.663. The molecular weight excluding hydrogens is 194 g/mol. The van der Waals surface area contributed by atoms with Crippen LogP contribution < -0.4 is 0 Å². The zero-order valence-electron chi connectivity index (χ0n) is 11.5. The highest BCUT2D eigenvalue weighted by atomic mass is 14.4. The van der Waals surface area contributed by atoms with Crippen LogP contribution in [0.25, 0.3) is 0 Å². The van der Waals surface area contributed by atoms with Crippen LogP contribution in [0.5, 0.6) is 0 Å². The van der Waals surface area contributed by atoms with Gasteiger partial charge in [0.15, 0.2) is 0 Å². The molecule has 0 aromatic carbocycles. The number of nitriles is 1. The molecule has 0 aromatic rings. The zero-order chi connectivity index (χ0) is 12.2. The Morgan fingerprint density at radius 2 is 1.81 bits per heavy atom. The number of nitrogens with zero attached hydrogens (tertiary/aromatic N) is 1. The van der Waals surface area contributed by atoms with Gasteiger partial charge in [0, 0.05) is 0 Å². The van der Waals surface area contributed by atoms with E-state index in [2.05, 4.69) is 33.8 Å². The molecule has 1 aliphatic carbocycles. The van der Waals surface area contributed by atoms with Gasteiger partial charge in [0.05, 0.1) is 11.5 Å². The summed E-state index contributed by atoms with van der Waals surface area (Å²) < 4.78 is 0. The van der Waals surface area contributed by atoms with Gasteiger partial charge in [-0.25, -0.2) is 0 Å². The lowest BCUT2D eigenvalue weighted by Crippen LogP contribution is -2.27. The molecule has 1 aliphatic rings. The molecule has 1 nitrogen and oxygen atoms in total. The molecule has 0 saturated heterocycles. The molecule has 0 heterocycles. The summed E-state index contributed by atoms with van der Waals surface area (Å²) in [6.45, 7) is 9.10. The predicted molar refractivity (Wildman–Crippen MR) is 69.0 cm³/mol. The summed E-state index contributed by atoms with van der Waals surface area (Å²) in [4.78, 5) is 0. The number of hydrogen-bond acceptors (Lipinski definition) is 1. The maximum Gasteiger partial charge on any atom is 0.0689 e. The van der Waals surface area contributed by atoms with Gasteiger partial charge in [0.2, 0.25) is 0 Å². The summed E-state index contributed by atoms with van der Waals surface area (Å²) in [6, 6.07) is 2.63. The second-order valence-corrected chi connectivity index (χ2v) is 6.80. The van der Waals surface area contributed by atoms with Gasteiger partial charge < -0.3 is 0 Å². The van der Waals surface area contributed by atoms with Crippen LogP contribution in [-0.2, 0) is 0 Å². The Bertz CT molecular complexity index is 246. The number of rotatable bonds is 3. The van der Waals surface area contributed by atoms with E-state index in [9.17, 15) is 5.26 Å². The molecular formula is C15H27N. The molecule has 16 heavy (non-hydrogen) atoms. The Labute approximate surface area is 101 Å². The lowest BCUT2D eigenvalue weighted by molar-refractivity contribution is 0.170. The summed E-state index contributed by atoms with van der Waals surface area (Å²) in [6.07, 6.45) is 8.39. The maximum atomic E-state index is 9.45. The van der Waals surface area contributed by atoms with Crippen LogP contribution in [0.2, 0.25) is 0 Å². The molecule has 1 saturated carbocycles. The smallest absolute Gasteiger partial charge is 0.0689 e. The zero-order valence-corrected chi connectivity index (χ0v) is 11.5. The van der Waals surface area contributed by atoms with Crippen molar-refractivity contribution in [3.63, 3.8) is 0 Å². The fourth-order valence-corrected chi connectivity index (χ4v) is 2.67. The Balaban J connectivity index is 2.51. The Kier molecular flexibility index (Phi) is 4.42. The standard InChI is InChI=1S/C15H27N/c1-5-13-6-8-15(12-16,9-7-13)11-10-14(2,3)4/h13H,5-11H2,1-4H3. The normalized spacial score (nSPS) is 31.1. The molecule has 0 aromatic heterocycles. The third kappa shape index (κ3) is 3.81. The van der Waals surface area contributed by atoms with Crippen LogP contribution in [0.15, 0.2) is 0 Å². The minimum atomic E-state index is 0.0128. The first-order valence-electron chi connectivity index (χ1n) is 6.82. The largest absolute Gasteiger partial charge is 0.198 e. The highest BCUT2D eigenvalue weighted by molar-refractivity contribution is 5.01. The molecule has 0 unspecified atom stereocenters. The fourth-order valence-electron chi connectivity index (χ4n) is 2.67. The molecule has 0 bridgehead atoms. The Morgan fingerprint density at radius 3 is 2.19 bits per heavy atom. The summed E-state index contributed by atoms with van der Waals surface area (Å²) in [5.74, 6) is 0.885. The molecule has 0 amide bonds. The van der Waals surface area contributed by atoms with Crippen molar-refractivity contribution in [2.45, 2.75) is 72.6 Å². The van der Waals surface area contributed by atoms with Crippen molar-refractivity contribution in [2.24, 2.45) is 16.7 Å². The topological polar surface area (TPSA) is 23.8 Å². The Morgan fingerprint density at radius 1 is 1.25 bits per heavy atom. The van der Waals surface area contributed by atoms with Gasteiger partial charge in [-0.3, -0.25) is 0 Å². The molecule has 92 valence electrons. The molecule has 1 fully saturated rings. The van der Waals surface area contributed by atoms with E-state index in [1.54, 1.807) is 0 Å². The molecule has 1 rings (SSSR count). The molecule has 0 spiro atoms. The van der Waals surface area contributed by atoms with E-state index in [-0.39, 0.29) is 5.41 Å². The summed E-state index contributed by atoms with van der Waals surface area (Å²) in [5, 5.41) is 9.45. The minimum absolute atomic E-state index is 0.0128. The maximum absolute atomic E-state index is 9.45. The third-order valence-electron chi connectivity index (χ3n) is 4.23. The van der Waals surface area contributed by atoms with E-state index in [1.807, 2.05) is 0 Å². The van der Waals surface area contributed by atoms with Gasteiger partial charge in [-0.2, -0.15) is 5.26 Å². The monoisotopic (exact) mass is 221 g/mol. The predicted octanol–water partition coefficient (Wildman–Crippen LogP) is 4.92. The molecule has 0 radical (unpaired) electrons. The lowest BCUT2D eigenvalue weighted by Gasteiger charge is -2.36. The highest BCUT2D eigenvalue weighted by Gasteiger charge is 2.35. The van der Waals surface area contributed by atoms with Gasteiger partial charge in [0.1, 0.15) is 0 Å². The molecule has 0 N–H and O–H groups in total. The molecule has 0 aliphatic heterocycles. The average molecular weight is 221 g/mol. The molecule has 1 heteroatoms. The van der Waals surface area contributed by atoms with Crippen LogP contribution >= 0.6 is 0 Å². The van der Waals surface area contributed by atoms with E-state index >= 15 is 0 Å². The van der Waals surface area contributed by atoms with Gasteiger partial charge in [0.25, 0.3) is 0 Å². The summed E-state index contributed by atoms with van der Waals surface area (Å²) in [5.41, 5.74) is 0.379. The average Bonchev–Trinajstić information content (AvgIpc) is 2.26. The second-order valence-electron chi connectivity index (χ2n) is 6.80. The van der Waals surface area contributed by atoms with Crippen LogP contribution in [0.3, 0.4) is 0 Å². The molecule has 0 atom stereocenters. The summed E-state index contributed by atoms with van der Waals surface area (Å²) in [7, 11) is 0. The minimum Gasteiger partial charge on any atom is -0.198 e. The number of hydrogen-bond donors (Lipinski definition) is 0. The first kappa shape index (κ1) is 13.6. The van der Waals surface area contributed by atoms with Crippen LogP contribution in [0, 0.1) is 28.1 Å². The van der Waals surface area contributed by atoms with Crippen LogP contribution in [0.1, 0.15) is 72.6 Å². The van der Waals surface area contributed by atoms with E-state index in [1.165, 1.54) is 25.7 Å². The fraction of sp³-hybridized carbons (Fsp3) is 0.933. The van der Waals surface area contributed by atoms with Crippen LogP contribution in [0.4, 0.5) is 0 Å². The second kappa shape index (κ2) is 5.21. The van der Waals surface area contributed by atoms with Crippen molar-refractivity contribution in [3.8, 4) is 6.07 Å². The SMILES string of the molecule is CCC1CCC(C#N)(CCC(C)(C)C)CC1. The Hall–Kier alpha value is -0.510. The first-order chi connectivity index (χ1) is 7.41. The van der Waals surface area contributed by atoms with Crippen molar-refractivity contribution in [1.29, 1.82) is 5.26 Å². The van der Waals surface area contributed by atoms with Crippen LogP contribution in [-0.4, -0.2) is 0 Å². The third-order valence-corrected chi connectivity index (χ3v) is 4.23. The van der Waals surface area contributed by atoms with Gasteiger partial charge in [-0.05, 0) is 49.9 Å². The van der Waals surface area contributed by atoms with Gasteiger partial charge in [-0.15, -0.1) is 0 Å². The van der Waals surface area contributed by atoms with Crippen molar-refractivity contribution < 1.29 is 0 Å². The van der Waals surface area contributed by atoms with E-state index in [0.717, 1.165) is 25.2 Å². The van der Waals surface area contributed by atoms with Crippen molar-refractivity contribution in [2.75, 3.05) is 0 Å². The van der Waals surface area contributed by atoms with Gasteiger partial charge in [-0.1, -0.05) is 34.1 Å². The van der Waals surface area contributed by atoms with E-state index < -0.39 is 0 Å². The first-order valence-corrected chi connectivity index (χ1v) is 6.82. The van der Waals surface area contributed by atoms with Crippen molar-refractivity contribution >= 4 is 0 Å². The summed E-state index contributed by atoms with van der Waals surface area (Å²) >= 11 is 0. The van der Waals surface area contributed by atoms with E-state index in [0.29, 0.717) is 5.41 Å².